The molecule has 4 nitrogen and oxygen atoms in total. The molecular weight excluding hydrogens is 360 g/mol. The van der Waals surface area contributed by atoms with Gasteiger partial charge in [-0.05, 0) is 28.5 Å². The third-order valence-electron chi connectivity index (χ3n) is 4.56. The van der Waals surface area contributed by atoms with Gasteiger partial charge < -0.3 is 4.74 Å². The van der Waals surface area contributed by atoms with E-state index in [1.54, 1.807) is 24.4 Å². The quantitative estimate of drug-likeness (QED) is 0.370. The molecule has 0 saturated carbocycles. The molecule has 0 spiro atoms. The second kappa shape index (κ2) is 8.85. The Morgan fingerprint density at radius 1 is 0.828 bits per heavy atom. The van der Waals surface area contributed by atoms with Gasteiger partial charge in [0.25, 0.3) is 5.91 Å². The highest BCUT2D eigenvalue weighted by atomic mass is 16.5. The molecule has 0 aliphatic heterocycles. The SMILES string of the molecule is O=C(NN=Cc1cccc2ccccc12)c1ccccc1OCc1ccccc1. The van der Waals surface area contributed by atoms with Gasteiger partial charge in [-0.15, -0.1) is 0 Å². The number of benzene rings is 4. The zero-order chi connectivity index (χ0) is 19.9. The summed E-state index contributed by atoms with van der Waals surface area (Å²) in [6.45, 7) is 0.393. The molecule has 1 amide bonds. The Morgan fingerprint density at radius 3 is 2.45 bits per heavy atom. The van der Waals surface area contributed by atoms with E-state index in [0.29, 0.717) is 17.9 Å². The van der Waals surface area contributed by atoms with E-state index in [4.69, 9.17) is 4.74 Å². The first-order chi connectivity index (χ1) is 14.3. The van der Waals surface area contributed by atoms with Crippen molar-refractivity contribution in [1.82, 2.24) is 5.43 Å². The van der Waals surface area contributed by atoms with Gasteiger partial charge in [0.15, 0.2) is 0 Å². The van der Waals surface area contributed by atoms with Crippen molar-refractivity contribution in [2.24, 2.45) is 5.10 Å². The second-order valence-electron chi connectivity index (χ2n) is 6.54. The molecule has 4 rings (SSSR count). The number of carbonyl (C=O) groups excluding carboxylic acids is 1. The molecule has 4 aromatic rings. The number of carbonyl (C=O) groups is 1. The van der Waals surface area contributed by atoms with E-state index in [2.05, 4.69) is 10.5 Å². The van der Waals surface area contributed by atoms with Gasteiger partial charge in [-0.25, -0.2) is 5.43 Å². The van der Waals surface area contributed by atoms with E-state index < -0.39 is 0 Å². The monoisotopic (exact) mass is 380 g/mol. The van der Waals surface area contributed by atoms with E-state index in [1.807, 2.05) is 78.9 Å². The van der Waals surface area contributed by atoms with E-state index >= 15 is 0 Å². The van der Waals surface area contributed by atoms with Crippen LogP contribution in [0.15, 0.2) is 102 Å². The summed E-state index contributed by atoms with van der Waals surface area (Å²) in [6.07, 6.45) is 1.66. The largest absolute Gasteiger partial charge is 0.488 e. The highest BCUT2D eigenvalue weighted by Gasteiger charge is 2.11. The van der Waals surface area contributed by atoms with Crippen molar-refractivity contribution in [3.05, 3.63) is 114 Å². The fraction of sp³-hybridized carbons (Fsp3) is 0.0400. The number of hydrogen-bond acceptors (Lipinski definition) is 3. The first-order valence-electron chi connectivity index (χ1n) is 9.38. The smallest absolute Gasteiger partial charge is 0.275 e. The predicted octanol–water partition coefficient (Wildman–Crippen LogP) is 5.18. The lowest BCUT2D eigenvalue weighted by atomic mass is 10.1. The number of rotatable bonds is 6. The average Bonchev–Trinajstić information content (AvgIpc) is 2.78. The zero-order valence-electron chi connectivity index (χ0n) is 15.8. The number of nitrogens with one attached hydrogen (secondary N) is 1. The third-order valence-corrected chi connectivity index (χ3v) is 4.56. The first-order valence-corrected chi connectivity index (χ1v) is 9.38. The van der Waals surface area contributed by atoms with Gasteiger partial charge in [0.1, 0.15) is 12.4 Å². The van der Waals surface area contributed by atoms with Crippen LogP contribution < -0.4 is 10.2 Å². The molecule has 0 atom stereocenters. The van der Waals surface area contributed by atoms with Crippen molar-refractivity contribution in [3.8, 4) is 5.75 Å². The summed E-state index contributed by atoms with van der Waals surface area (Å²) < 4.78 is 5.85. The Hall–Kier alpha value is -3.92. The first kappa shape index (κ1) is 18.4. The minimum Gasteiger partial charge on any atom is -0.488 e. The molecule has 0 saturated heterocycles. The summed E-state index contributed by atoms with van der Waals surface area (Å²) in [5.41, 5.74) is 5.02. The van der Waals surface area contributed by atoms with Crippen LogP contribution in [0.1, 0.15) is 21.5 Å². The maximum Gasteiger partial charge on any atom is 0.275 e. The van der Waals surface area contributed by atoms with Crippen molar-refractivity contribution < 1.29 is 9.53 Å². The fourth-order valence-corrected chi connectivity index (χ4v) is 3.10. The summed E-state index contributed by atoms with van der Waals surface area (Å²) in [5, 5.41) is 6.36. The van der Waals surface area contributed by atoms with Crippen LogP contribution in [-0.2, 0) is 6.61 Å². The summed E-state index contributed by atoms with van der Waals surface area (Å²) in [6, 6.07) is 31.0. The van der Waals surface area contributed by atoms with Gasteiger partial charge in [0.05, 0.1) is 11.8 Å². The number of fused-ring (bicyclic) bond motifs is 1. The predicted molar refractivity (Wildman–Crippen MR) is 116 cm³/mol. The molecule has 0 aliphatic carbocycles. The molecule has 0 unspecified atom stereocenters. The van der Waals surface area contributed by atoms with Gasteiger partial charge in [0.2, 0.25) is 0 Å². The minimum absolute atomic E-state index is 0.315. The molecule has 0 aliphatic rings. The number of nitrogens with zero attached hydrogens (tertiary/aromatic N) is 1. The normalized spacial score (nSPS) is 10.9. The number of para-hydroxylation sites is 1. The topological polar surface area (TPSA) is 50.7 Å². The zero-order valence-corrected chi connectivity index (χ0v) is 15.8. The molecule has 142 valence electrons. The Balaban J connectivity index is 1.46. The van der Waals surface area contributed by atoms with Gasteiger partial charge in [-0.1, -0.05) is 84.9 Å². The summed E-state index contributed by atoms with van der Waals surface area (Å²) in [5.74, 6) is 0.208. The van der Waals surface area contributed by atoms with Gasteiger partial charge in [0, 0.05) is 5.56 Å². The average molecular weight is 380 g/mol. The van der Waals surface area contributed by atoms with Gasteiger partial charge in [-0.2, -0.15) is 5.10 Å². The maximum absolute atomic E-state index is 12.6. The van der Waals surface area contributed by atoms with E-state index in [1.165, 1.54) is 0 Å². The molecular formula is C25H20N2O2. The van der Waals surface area contributed by atoms with Crippen molar-refractivity contribution in [2.75, 3.05) is 0 Å². The summed E-state index contributed by atoms with van der Waals surface area (Å²) in [7, 11) is 0. The van der Waals surface area contributed by atoms with Crippen LogP contribution in [0, 0.1) is 0 Å². The molecule has 0 fully saturated rings. The number of hydrogen-bond donors (Lipinski definition) is 1. The molecule has 4 aromatic carbocycles. The summed E-state index contributed by atoms with van der Waals surface area (Å²) >= 11 is 0. The highest BCUT2D eigenvalue weighted by Crippen LogP contribution is 2.20. The van der Waals surface area contributed by atoms with Crippen molar-refractivity contribution >= 4 is 22.9 Å². The maximum atomic E-state index is 12.6. The lowest BCUT2D eigenvalue weighted by molar-refractivity contribution is 0.0950. The van der Waals surface area contributed by atoms with Crippen molar-refractivity contribution in [1.29, 1.82) is 0 Å². The standard InChI is InChI=1S/C25H20N2O2/c28-25(27-26-17-21-13-8-12-20-11-4-5-14-22(20)21)23-15-6-7-16-24(23)29-18-19-9-2-1-3-10-19/h1-17H,18H2,(H,27,28). The van der Waals surface area contributed by atoms with Crippen molar-refractivity contribution in [2.45, 2.75) is 6.61 Å². The van der Waals surface area contributed by atoms with Gasteiger partial charge in [-0.3, -0.25) is 4.79 Å². The molecule has 0 aromatic heterocycles. The van der Waals surface area contributed by atoms with E-state index in [-0.39, 0.29) is 5.91 Å². The molecule has 4 heteroatoms. The van der Waals surface area contributed by atoms with Crippen LogP contribution in [0.5, 0.6) is 5.75 Å². The minimum atomic E-state index is -0.315. The van der Waals surface area contributed by atoms with Crippen LogP contribution in [-0.4, -0.2) is 12.1 Å². The van der Waals surface area contributed by atoms with Crippen LogP contribution in [0.25, 0.3) is 10.8 Å². The lowest BCUT2D eigenvalue weighted by Crippen LogP contribution is -2.18. The molecule has 0 heterocycles. The third kappa shape index (κ3) is 4.50. The Bertz CT molecular complexity index is 1150. The fourth-order valence-electron chi connectivity index (χ4n) is 3.10. The highest BCUT2D eigenvalue weighted by molar-refractivity contribution is 6.01. The van der Waals surface area contributed by atoms with Crippen molar-refractivity contribution in [3.63, 3.8) is 0 Å². The summed E-state index contributed by atoms with van der Waals surface area (Å²) in [4.78, 5) is 12.6. The van der Waals surface area contributed by atoms with E-state index in [9.17, 15) is 4.79 Å². The second-order valence-corrected chi connectivity index (χ2v) is 6.54. The molecule has 1 N–H and O–H groups in total. The van der Waals surface area contributed by atoms with Gasteiger partial charge >= 0.3 is 0 Å². The molecule has 0 radical (unpaired) electrons. The van der Waals surface area contributed by atoms with E-state index in [0.717, 1.165) is 21.9 Å². The van der Waals surface area contributed by atoms with Crippen LogP contribution in [0.4, 0.5) is 0 Å². The number of ether oxygens (including phenoxy) is 1. The molecule has 29 heavy (non-hydrogen) atoms. The number of hydrazone groups is 1. The van der Waals surface area contributed by atoms with Crippen LogP contribution in [0.3, 0.4) is 0 Å². The van der Waals surface area contributed by atoms with Crippen LogP contribution in [0.2, 0.25) is 0 Å². The Morgan fingerprint density at radius 2 is 1.55 bits per heavy atom. The Labute approximate surface area is 169 Å². The molecule has 0 bridgehead atoms. The lowest BCUT2D eigenvalue weighted by Gasteiger charge is -2.10. The number of amides is 1. The van der Waals surface area contributed by atoms with Crippen LogP contribution >= 0.6 is 0 Å². The Kier molecular flexibility index (Phi) is 5.63.